The average molecular weight is 346 g/mol. The number of aliphatic carboxylic acids is 1. The average Bonchev–Trinajstić information content (AvgIpc) is 2.93. The third kappa shape index (κ3) is 5.13. The summed E-state index contributed by atoms with van der Waals surface area (Å²) in [7, 11) is 0. The highest BCUT2D eigenvalue weighted by Gasteiger charge is 2.20. The van der Waals surface area contributed by atoms with Gasteiger partial charge in [0.1, 0.15) is 12.7 Å². The van der Waals surface area contributed by atoms with Crippen LogP contribution in [0.15, 0.2) is 36.5 Å². The van der Waals surface area contributed by atoms with Crippen molar-refractivity contribution in [3.8, 4) is 0 Å². The number of carboxylic acid groups (broad SMARTS) is 1. The lowest BCUT2D eigenvalue weighted by atomic mass is 10.0. The molecule has 1 unspecified atom stereocenters. The minimum atomic E-state index is -0.948. The van der Waals surface area contributed by atoms with Gasteiger partial charge in [0, 0.05) is 13.3 Å². The number of nitro groups is 1. The van der Waals surface area contributed by atoms with Crippen molar-refractivity contribution >= 4 is 17.7 Å². The summed E-state index contributed by atoms with van der Waals surface area (Å²) >= 11 is 0. The van der Waals surface area contributed by atoms with Crippen LogP contribution in [0.3, 0.4) is 0 Å². The van der Waals surface area contributed by atoms with E-state index in [9.17, 15) is 19.7 Å². The Balaban J connectivity index is 2.08. The summed E-state index contributed by atoms with van der Waals surface area (Å²) in [5.41, 5.74) is 0.797. The Bertz CT molecular complexity index is 772. The smallest absolute Gasteiger partial charge is 0.381 e. The summed E-state index contributed by atoms with van der Waals surface area (Å²) in [5.74, 6) is -1.30. The molecule has 25 heavy (non-hydrogen) atoms. The standard InChI is InChI=1S/C16H18N4O5/c1-11-17-14(20(24)25)9-19(11)10-15(21)18-13(7-8-16(22)23)12-5-3-2-4-6-12/h2-6,9,13H,7-8,10H2,1H3,(H,18,21)(H,22,23). The van der Waals surface area contributed by atoms with Gasteiger partial charge in [-0.2, -0.15) is 0 Å². The minimum Gasteiger partial charge on any atom is -0.481 e. The lowest BCUT2D eigenvalue weighted by Gasteiger charge is -2.18. The van der Waals surface area contributed by atoms with Crippen LogP contribution in [-0.2, 0) is 16.1 Å². The fourth-order valence-electron chi connectivity index (χ4n) is 2.41. The molecule has 0 bridgehead atoms. The highest BCUT2D eigenvalue weighted by atomic mass is 16.6. The minimum absolute atomic E-state index is 0.0879. The van der Waals surface area contributed by atoms with E-state index in [0.29, 0.717) is 5.82 Å². The molecule has 0 aliphatic heterocycles. The van der Waals surface area contributed by atoms with Gasteiger partial charge in [-0.25, -0.2) is 0 Å². The van der Waals surface area contributed by atoms with Gasteiger partial charge in [0.05, 0.1) is 6.04 Å². The largest absolute Gasteiger partial charge is 0.481 e. The number of nitrogens with one attached hydrogen (secondary N) is 1. The van der Waals surface area contributed by atoms with Gasteiger partial charge in [0.15, 0.2) is 0 Å². The molecule has 0 fully saturated rings. The Labute approximate surface area is 143 Å². The summed E-state index contributed by atoms with van der Waals surface area (Å²) in [6.07, 6.45) is 1.35. The van der Waals surface area contributed by atoms with E-state index in [2.05, 4.69) is 10.3 Å². The first kappa shape index (κ1) is 18.1. The predicted molar refractivity (Wildman–Crippen MR) is 87.8 cm³/mol. The number of hydrogen-bond acceptors (Lipinski definition) is 5. The zero-order chi connectivity index (χ0) is 18.4. The number of amides is 1. The lowest BCUT2D eigenvalue weighted by Crippen LogP contribution is -2.32. The van der Waals surface area contributed by atoms with E-state index in [4.69, 9.17) is 5.11 Å². The Morgan fingerprint density at radius 1 is 1.36 bits per heavy atom. The molecule has 1 aromatic carbocycles. The molecule has 2 N–H and O–H groups in total. The maximum atomic E-state index is 12.3. The van der Waals surface area contributed by atoms with Gasteiger partial charge in [-0.15, -0.1) is 0 Å². The monoisotopic (exact) mass is 346 g/mol. The van der Waals surface area contributed by atoms with Gasteiger partial charge in [0.25, 0.3) is 0 Å². The molecule has 0 saturated carbocycles. The van der Waals surface area contributed by atoms with Crippen molar-refractivity contribution in [1.29, 1.82) is 0 Å². The van der Waals surface area contributed by atoms with Crippen molar-refractivity contribution in [2.75, 3.05) is 0 Å². The Kier molecular flexibility index (Phi) is 5.83. The van der Waals surface area contributed by atoms with Gasteiger partial charge in [-0.3, -0.25) is 14.2 Å². The molecule has 0 radical (unpaired) electrons. The number of aryl methyl sites for hydroxylation is 1. The first-order chi connectivity index (χ1) is 11.9. The highest BCUT2D eigenvalue weighted by Crippen LogP contribution is 2.18. The van der Waals surface area contributed by atoms with Crippen LogP contribution in [0.5, 0.6) is 0 Å². The third-order valence-corrected chi connectivity index (χ3v) is 3.65. The molecule has 2 rings (SSSR count). The van der Waals surface area contributed by atoms with Crippen molar-refractivity contribution < 1.29 is 19.6 Å². The summed E-state index contributed by atoms with van der Waals surface area (Å²) in [4.78, 5) is 37.0. The van der Waals surface area contributed by atoms with Gasteiger partial charge in [-0.1, -0.05) is 30.3 Å². The van der Waals surface area contributed by atoms with Crippen LogP contribution in [0.25, 0.3) is 0 Å². The van der Waals surface area contributed by atoms with Crippen LogP contribution in [-0.4, -0.2) is 31.5 Å². The van der Waals surface area contributed by atoms with Crippen LogP contribution in [0, 0.1) is 17.0 Å². The first-order valence-corrected chi connectivity index (χ1v) is 7.61. The highest BCUT2D eigenvalue weighted by molar-refractivity contribution is 5.76. The Hall–Kier alpha value is -3.23. The summed E-state index contributed by atoms with van der Waals surface area (Å²) in [6.45, 7) is 1.43. The molecule has 9 nitrogen and oxygen atoms in total. The molecule has 1 heterocycles. The summed E-state index contributed by atoms with van der Waals surface area (Å²) < 4.78 is 1.38. The molecule has 0 saturated heterocycles. The van der Waals surface area contributed by atoms with E-state index in [1.807, 2.05) is 6.07 Å². The van der Waals surface area contributed by atoms with E-state index < -0.39 is 16.9 Å². The second-order valence-electron chi connectivity index (χ2n) is 5.49. The maximum absolute atomic E-state index is 12.3. The first-order valence-electron chi connectivity index (χ1n) is 7.61. The van der Waals surface area contributed by atoms with Gasteiger partial charge >= 0.3 is 11.8 Å². The number of carboxylic acids is 1. The van der Waals surface area contributed by atoms with Gasteiger partial charge in [-0.05, 0) is 21.9 Å². The van der Waals surface area contributed by atoms with E-state index in [-0.39, 0.29) is 31.1 Å². The second kappa shape index (κ2) is 8.04. The number of hydrogen-bond donors (Lipinski definition) is 2. The van der Waals surface area contributed by atoms with Crippen molar-refractivity contribution in [3.63, 3.8) is 0 Å². The molecule has 9 heteroatoms. The fraction of sp³-hybridized carbons (Fsp3) is 0.312. The van der Waals surface area contributed by atoms with Crippen LogP contribution in [0.2, 0.25) is 0 Å². The van der Waals surface area contributed by atoms with Crippen molar-refractivity contribution in [2.45, 2.75) is 32.4 Å². The topological polar surface area (TPSA) is 127 Å². The number of nitrogens with zero attached hydrogens (tertiary/aromatic N) is 3. The molecule has 1 atom stereocenters. The number of aromatic nitrogens is 2. The maximum Gasteiger partial charge on any atom is 0.381 e. The lowest BCUT2D eigenvalue weighted by molar-refractivity contribution is -0.389. The number of carbonyl (C=O) groups is 2. The molecule has 0 aliphatic carbocycles. The van der Waals surface area contributed by atoms with E-state index in [1.54, 1.807) is 31.2 Å². The Morgan fingerprint density at radius 2 is 2.04 bits per heavy atom. The molecular weight excluding hydrogens is 328 g/mol. The van der Waals surface area contributed by atoms with E-state index in [0.717, 1.165) is 5.56 Å². The zero-order valence-electron chi connectivity index (χ0n) is 13.6. The van der Waals surface area contributed by atoms with Gasteiger partial charge in [0.2, 0.25) is 11.7 Å². The number of imidazole rings is 1. The molecule has 1 aromatic heterocycles. The van der Waals surface area contributed by atoms with E-state index >= 15 is 0 Å². The molecule has 0 aliphatic rings. The third-order valence-electron chi connectivity index (χ3n) is 3.65. The van der Waals surface area contributed by atoms with Crippen LogP contribution < -0.4 is 5.32 Å². The molecule has 132 valence electrons. The van der Waals surface area contributed by atoms with Gasteiger partial charge < -0.3 is 20.5 Å². The van der Waals surface area contributed by atoms with Crippen LogP contribution in [0.4, 0.5) is 5.82 Å². The Morgan fingerprint density at radius 3 is 2.60 bits per heavy atom. The predicted octanol–water partition coefficient (Wildman–Crippen LogP) is 1.82. The summed E-state index contributed by atoms with van der Waals surface area (Å²) in [5, 5.41) is 22.4. The molecular formula is C16H18N4O5. The fourth-order valence-corrected chi connectivity index (χ4v) is 2.41. The molecule has 2 aromatic rings. The number of rotatable bonds is 8. The number of carbonyl (C=O) groups excluding carboxylic acids is 1. The van der Waals surface area contributed by atoms with Crippen molar-refractivity contribution in [3.05, 3.63) is 58.0 Å². The van der Waals surface area contributed by atoms with E-state index in [1.165, 1.54) is 10.8 Å². The molecule has 1 amide bonds. The van der Waals surface area contributed by atoms with Crippen LogP contribution >= 0.6 is 0 Å². The quantitative estimate of drug-likeness (QED) is 0.554. The normalized spacial score (nSPS) is 11.7. The van der Waals surface area contributed by atoms with Crippen LogP contribution in [0.1, 0.15) is 30.3 Å². The SMILES string of the molecule is Cc1nc([N+](=O)[O-])cn1CC(=O)NC(CCC(=O)O)c1ccccc1. The number of benzene rings is 1. The second-order valence-corrected chi connectivity index (χ2v) is 5.49. The summed E-state index contributed by atoms with van der Waals surface area (Å²) in [6, 6.07) is 8.59. The molecule has 0 spiro atoms. The van der Waals surface area contributed by atoms with Crippen molar-refractivity contribution in [1.82, 2.24) is 14.9 Å². The van der Waals surface area contributed by atoms with Crippen molar-refractivity contribution in [2.24, 2.45) is 0 Å². The zero-order valence-corrected chi connectivity index (χ0v) is 13.6.